The molecule has 0 aromatic rings. The largest absolute Gasteiger partial charge is 0.478 e. The number of aliphatic carboxylic acids is 1. The number of carbonyl (C=O) groups is 1. The fourth-order valence-corrected chi connectivity index (χ4v) is 1.86. The molecule has 1 saturated heterocycles. The molecule has 0 amide bonds. The average Bonchev–Trinajstić information content (AvgIpc) is 2.38. The van der Waals surface area contributed by atoms with Gasteiger partial charge in [0.15, 0.2) is 0 Å². The van der Waals surface area contributed by atoms with Crippen molar-refractivity contribution in [3.63, 3.8) is 0 Å². The molecule has 5 atom stereocenters. The van der Waals surface area contributed by atoms with Crippen molar-refractivity contribution in [1.29, 1.82) is 0 Å². The van der Waals surface area contributed by atoms with Gasteiger partial charge in [0.2, 0.25) is 5.79 Å². The molecule has 8 heteroatoms. The number of hydrogen-bond acceptors (Lipinski definition) is 7. The molecule has 110 valence electrons. The summed E-state index contributed by atoms with van der Waals surface area (Å²) in [6.45, 7) is 0.808. The van der Waals surface area contributed by atoms with Gasteiger partial charge in [0.25, 0.3) is 0 Å². The monoisotopic (exact) mass is 278 g/mol. The van der Waals surface area contributed by atoms with E-state index < -0.39 is 42.8 Å². The van der Waals surface area contributed by atoms with Crippen molar-refractivity contribution in [1.82, 2.24) is 0 Å². The molecule has 1 aliphatic rings. The fourth-order valence-electron chi connectivity index (χ4n) is 1.86. The highest BCUT2D eigenvalue weighted by Gasteiger charge is 2.51. The van der Waals surface area contributed by atoms with Crippen LogP contribution in [0.15, 0.2) is 11.6 Å². The minimum Gasteiger partial charge on any atom is -0.478 e. The Labute approximate surface area is 109 Å². The third-order valence-corrected chi connectivity index (χ3v) is 3.03. The average molecular weight is 278 g/mol. The van der Waals surface area contributed by atoms with Gasteiger partial charge in [-0.2, -0.15) is 0 Å². The predicted molar refractivity (Wildman–Crippen MR) is 60.9 cm³/mol. The number of carboxylic acid groups (broad SMARTS) is 1. The lowest BCUT2D eigenvalue weighted by Crippen LogP contribution is -2.64. The van der Waals surface area contributed by atoms with Crippen LogP contribution < -0.4 is 0 Å². The van der Waals surface area contributed by atoms with Crippen molar-refractivity contribution in [3.8, 4) is 0 Å². The second-order valence-electron chi connectivity index (χ2n) is 4.35. The molecule has 0 aromatic carbocycles. The molecule has 1 heterocycles. The molecule has 1 aliphatic heterocycles. The molecule has 1 rings (SSSR count). The number of carboxylic acids is 1. The molecule has 0 aliphatic carbocycles. The maximum Gasteiger partial charge on any atom is 0.331 e. The van der Waals surface area contributed by atoms with Gasteiger partial charge >= 0.3 is 5.97 Å². The normalized spacial score (nSPS) is 40.2. The van der Waals surface area contributed by atoms with E-state index in [4.69, 9.17) is 14.9 Å². The maximum atomic E-state index is 10.9. The minimum absolute atomic E-state index is 0.0517. The number of aliphatic hydroxyl groups is 5. The first kappa shape index (κ1) is 16.0. The Morgan fingerprint density at radius 3 is 2.32 bits per heavy atom. The highest BCUT2D eigenvalue weighted by molar-refractivity contribution is 5.86. The lowest BCUT2D eigenvalue weighted by atomic mass is 9.91. The van der Waals surface area contributed by atoms with Gasteiger partial charge < -0.3 is 35.4 Å². The van der Waals surface area contributed by atoms with Gasteiger partial charge in [-0.05, 0) is 12.5 Å². The van der Waals surface area contributed by atoms with Gasteiger partial charge in [-0.15, -0.1) is 0 Å². The van der Waals surface area contributed by atoms with Gasteiger partial charge in [-0.25, -0.2) is 4.79 Å². The van der Waals surface area contributed by atoms with Crippen molar-refractivity contribution < 1.29 is 40.2 Å². The van der Waals surface area contributed by atoms with Gasteiger partial charge in [0.1, 0.15) is 24.4 Å². The lowest BCUT2D eigenvalue weighted by molar-refractivity contribution is -0.327. The zero-order valence-corrected chi connectivity index (χ0v) is 10.3. The third-order valence-electron chi connectivity index (χ3n) is 3.03. The summed E-state index contributed by atoms with van der Waals surface area (Å²) in [5, 5.41) is 56.7. The molecule has 1 fully saturated rings. The maximum absolute atomic E-state index is 10.9. The SMILES string of the molecule is CCC(=CC1(O)O[C@H](CO)[C@@H](O)[C@H](O)[C@H]1O)C(=O)O. The quantitative estimate of drug-likeness (QED) is 0.311. The predicted octanol–water partition coefficient (Wildman–Crippen LogP) is -2.43. The number of ether oxygens (including phenoxy) is 1. The van der Waals surface area contributed by atoms with E-state index in [0.29, 0.717) is 0 Å². The van der Waals surface area contributed by atoms with Gasteiger partial charge in [-0.1, -0.05) is 6.92 Å². The standard InChI is InChI=1S/C11H18O8/c1-2-5(10(16)17)3-11(18)9(15)8(14)7(13)6(4-12)19-11/h3,6-9,12-15,18H,2,4H2,1H3,(H,16,17)/t6-,7-,8+,9-,11?/m1/s1. The summed E-state index contributed by atoms with van der Waals surface area (Å²) in [5.41, 5.74) is -0.234. The third kappa shape index (κ3) is 3.11. The van der Waals surface area contributed by atoms with Crippen LogP contribution in [-0.2, 0) is 9.53 Å². The van der Waals surface area contributed by atoms with E-state index in [1.165, 1.54) is 6.92 Å². The highest BCUT2D eigenvalue weighted by Crippen LogP contribution is 2.30. The molecule has 0 saturated carbocycles. The number of rotatable bonds is 4. The van der Waals surface area contributed by atoms with Gasteiger partial charge in [0, 0.05) is 5.57 Å². The van der Waals surface area contributed by atoms with Crippen molar-refractivity contribution >= 4 is 5.97 Å². The summed E-state index contributed by atoms with van der Waals surface area (Å²) >= 11 is 0. The van der Waals surface area contributed by atoms with E-state index in [1.807, 2.05) is 0 Å². The summed E-state index contributed by atoms with van der Waals surface area (Å²) in [4.78, 5) is 10.9. The van der Waals surface area contributed by atoms with Crippen LogP contribution in [0, 0.1) is 0 Å². The zero-order valence-electron chi connectivity index (χ0n) is 10.3. The smallest absolute Gasteiger partial charge is 0.331 e. The van der Waals surface area contributed by atoms with Crippen molar-refractivity contribution in [3.05, 3.63) is 11.6 Å². The second kappa shape index (κ2) is 5.95. The van der Waals surface area contributed by atoms with Crippen molar-refractivity contribution in [2.45, 2.75) is 43.5 Å². The first-order valence-corrected chi connectivity index (χ1v) is 5.77. The van der Waals surface area contributed by atoms with E-state index in [1.54, 1.807) is 0 Å². The zero-order chi connectivity index (χ0) is 14.8. The Balaban J connectivity index is 3.11. The lowest BCUT2D eigenvalue weighted by Gasteiger charge is -2.44. The van der Waals surface area contributed by atoms with Crippen LogP contribution in [0.5, 0.6) is 0 Å². The molecule has 0 aromatic heterocycles. The summed E-state index contributed by atoms with van der Waals surface area (Å²) in [6, 6.07) is 0. The number of hydrogen-bond donors (Lipinski definition) is 6. The molecule has 0 radical (unpaired) electrons. The van der Waals surface area contributed by atoms with Crippen LogP contribution in [0.2, 0.25) is 0 Å². The summed E-state index contributed by atoms with van der Waals surface area (Å²) < 4.78 is 4.91. The molecular weight excluding hydrogens is 260 g/mol. The van der Waals surface area contributed by atoms with E-state index >= 15 is 0 Å². The van der Waals surface area contributed by atoms with Crippen molar-refractivity contribution in [2.24, 2.45) is 0 Å². The van der Waals surface area contributed by atoms with Crippen LogP contribution in [0.1, 0.15) is 13.3 Å². The van der Waals surface area contributed by atoms with Crippen LogP contribution in [-0.4, -0.2) is 73.4 Å². The minimum atomic E-state index is -2.49. The van der Waals surface area contributed by atoms with Gasteiger partial charge in [0.05, 0.1) is 6.61 Å². The molecule has 19 heavy (non-hydrogen) atoms. The Kier molecular flexibility index (Phi) is 5.02. The Bertz CT molecular complexity index is 366. The van der Waals surface area contributed by atoms with E-state index in [-0.39, 0.29) is 12.0 Å². The highest BCUT2D eigenvalue weighted by atomic mass is 16.7. The fraction of sp³-hybridized carbons (Fsp3) is 0.727. The summed E-state index contributed by atoms with van der Waals surface area (Å²) in [6.07, 6.45) is -5.84. The van der Waals surface area contributed by atoms with E-state index in [0.717, 1.165) is 6.08 Å². The van der Waals surface area contributed by atoms with Gasteiger partial charge in [-0.3, -0.25) is 0 Å². The second-order valence-corrected chi connectivity index (χ2v) is 4.35. The Morgan fingerprint density at radius 1 is 1.32 bits per heavy atom. The molecule has 0 spiro atoms. The first-order chi connectivity index (χ1) is 8.76. The molecular formula is C11H18O8. The summed E-state index contributed by atoms with van der Waals surface area (Å²) in [5.74, 6) is -3.80. The van der Waals surface area contributed by atoms with Crippen LogP contribution in [0.3, 0.4) is 0 Å². The van der Waals surface area contributed by atoms with Crippen LogP contribution >= 0.6 is 0 Å². The molecule has 6 N–H and O–H groups in total. The molecule has 8 nitrogen and oxygen atoms in total. The Morgan fingerprint density at radius 2 is 1.89 bits per heavy atom. The van der Waals surface area contributed by atoms with E-state index in [2.05, 4.69) is 0 Å². The molecule has 1 unspecified atom stereocenters. The topological polar surface area (TPSA) is 148 Å². The summed E-state index contributed by atoms with van der Waals surface area (Å²) in [7, 11) is 0. The van der Waals surface area contributed by atoms with Crippen LogP contribution in [0.4, 0.5) is 0 Å². The van der Waals surface area contributed by atoms with E-state index in [9.17, 15) is 25.2 Å². The number of aliphatic hydroxyl groups excluding tert-OH is 4. The Hall–Kier alpha value is -1.03. The van der Waals surface area contributed by atoms with Crippen LogP contribution in [0.25, 0.3) is 0 Å². The first-order valence-electron chi connectivity index (χ1n) is 5.77. The molecule has 0 bridgehead atoms. The van der Waals surface area contributed by atoms with Crippen molar-refractivity contribution in [2.75, 3.05) is 6.61 Å².